The van der Waals surface area contributed by atoms with Crippen LogP contribution in [0.3, 0.4) is 0 Å². The van der Waals surface area contributed by atoms with E-state index in [2.05, 4.69) is 0 Å². The number of hydrogen-bond acceptors (Lipinski definition) is 6. The van der Waals surface area contributed by atoms with E-state index in [1.165, 1.54) is 0 Å². The van der Waals surface area contributed by atoms with Crippen LogP contribution in [0.25, 0.3) is 0 Å². The molecule has 6 heteroatoms. The zero-order valence-electron chi connectivity index (χ0n) is 16.6. The molecule has 1 saturated carbocycles. The van der Waals surface area contributed by atoms with Gasteiger partial charge >= 0.3 is 0 Å². The van der Waals surface area contributed by atoms with E-state index in [4.69, 9.17) is 23.7 Å². The molecule has 154 valence electrons. The standard InChI is InChI=1S/C23H26O6/c1-22(2)28-21-18(25-13-15-9-5-3-6-10-15)17-19(27-17)20(23(21,24)29-22)26-14-16-11-7-4-8-12-16/h3-12,17-21,24H,13-14H2,1-2H3/t17-,18+,19-,20+,21-,23-/m0/s1. The molecule has 0 bridgehead atoms. The molecule has 6 nitrogen and oxygen atoms in total. The maximum Gasteiger partial charge on any atom is 0.227 e. The second kappa shape index (κ2) is 7.16. The van der Waals surface area contributed by atoms with Crippen molar-refractivity contribution in [1.29, 1.82) is 0 Å². The lowest BCUT2D eigenvalue weighted by Crippen LogP contribution is -2.63. The van der Waals surface area contributed by atoms with Crippen LogP contribution < -0.4 is 0 Å². The molecule has 3 aliphatic rings. The second-order valence-corrected chi connectivity index (χ2v) is 8.34. The molecule has 0 aromatic heterocycles. The fourth-order valence-corrected chi connectivity index (χ4v) is 4.36. The van der Waals surface area contributed by atoms with E-state index in [-0.39, 0.29) is 12.2 Å². The summed E-state index contributed by atoms with van der Waals surface area (Å²) < 4.78 is 30.2. The first-order valence-corrected chi connectivity index (χ1v) is 10.0. The third-order valence-corrected chi connectivity index (χ3v) is 5.68. The van der Waals surface area contributed by atoms with Gasteiger partial charge in [-0.05, 0) is 25.0 Å². The first-order chi connectivity index (χ1) is 14.0. The van der Waals surface area contributed by atoms with E-state index in [1.54, 1.807) is 13.8 Å². The molecule has 29 heavy (non-hydrogen) atoms. The number of benzene rings is 2. The zero-order chi connectivity index (χ0) is 20.1. The fourth-order valence-electron chi connectivity index (χ4n) is 4.36. The van der Waals surface area contributed by atoms with Crippen LogP contribution in [0.2, 0.25) is 0 Å². The summed E-state index contributed by atoms with van der Waals surface area (Å²) in [6, 6.07) is 19.8. The van der Waals surface area contributed by atoms with Crippen LogP contribution in [0.15, 0.2) is 60.7 Å². The summed E-state index contributed by atoms with van der Waals surface area (Å²) in [4.78, 5) is 0. The summed E-state index contributed by atoms with van der Waals surface area (Å²) in [5.74, 6) is -2.59. The molecular weight excluding hydrogens is 372 g/mol. The van der Waals surface area contributed by atoms with Crippen molar-refractivity contribution in [3.05, 3.63) is 71.8 Å². The summed E-state index contributed by atoms with van der Waals surface area (Å²) in [5, 5.41) is 11.5. The van der Waals surface area contributed by atoms with Gasteiger partial charge in [-0.15, -0.1) is 0 Å². The average Bonchev–Trinajstić information content (AvgIpc) is 3.43. The van der Waals surface area contributed by atoms with Crippen LogP contribution in [0.4, 0.5) is 0 Å². The third-order valence-electron chi connectivity index (χ3n) is 5.68. The molecule has 2 heterocycles. The highest BCUT2D eigenvalue weighted by Gasteiger charge is 2.74. The van der Waals surface area contributed by atoms with Crippen molar-refractivity contribution in [2.24, 2.45) is 0 Å². The number of epoxide rings is 1. The zero-order valence-corrected chi connectivity index (χ0v) is 16.6. The summed E-state index contributed by atoms with van der Waals surface area (Å²) in [6.07, 6.45) is -2.29. The molecule has 2 aromatic rings. The van der Waals surface area contributed by atoms with Gasteiger partial charge in [0.1, 0.15) is 30.5 Å². The quantitative estimate of drug-likeness (QED) is 0.755. The van der Waals surface area contributed by atoms with Crippen LogP contribution >= 0.6 is 0 Å². The lowest BCUT2D eigenvalue weighted by Gasteiger charge is -2.40. The van der Waals surface area contributed by atoms with E-state index in [9.17, 15) is 5.11 Å². The highest BCUT2D eigenvalue weighted by molar-refractivity contribution is 5.19. The van der Waals surface area contributed by atoms with Crippen molar-refractivity contribution >= 4 is 0 Å². The Morgan fingerprint density at radius 1 is 0.862 bits per heavy atom. The number of fused-ring (bicyclic) bond motifs is 2. The molecule has 5 rings (SSSR count). The molecule has 2 saturated heterocycles. The maximum absolute atomic E-state index is 11.5. The smallest absolute Gasteiger partial charge is 0.227 e. The van der Waals surface area contributed by atoms with E-state index < -0.39 is 29.9 Å². The first-order valence-electron chi connectivity index (χ1n) is 10.0. The molecule has 0 radical (unpaired) electrons. The van der Waals surface area contributed by atoms with Crippen LogP contribution in [-0.4, -0.2) is 47.2 Å². The molecule has 2 aromatic carbocycles. The molecule has 6 atom stereocenters. The molecule has 2 aliphatic heterocycles. The van der Waals surface area contributed by atoms with Crippen molar-refractivity contribution in [1.82, 2.24) is 0 Å². The maximum atomic E-state index is 11.5. The minimum Gasteiger partial charge on any atom is -0.368 e. The van der Waals surface area contributed by atoms with Crippen molar-refractivity contribution in [2.75, 3.05) is 0 Å². The van der Waals surface area contributed by atoms with Gasteiger partial charge in [0.25, 0.3) is 0 Å². The van der Waals surface area contributed by atoms with E-state index in [0.717, 1.165) is 11.1 Å². The number of ether oxygens (including phenoxy) is 5. The summed E-state index contributed by atoms with van der Waals surface area (Å²) in [7, 11) is 0. The Morgan fingerprint density at radius 3 is 2.07 bits per heavy atom. The minimum absolute atomic E-state index is 0.192. The molecule has 1 aliphatic carbocycles. The first kappa shape index (κ1) is 19.2. The van der Waals surface area contributed by atoms with E-state index >= 15 is 0 Å². The van der Waals surface area contributed by atoms with Gasteiger partial charge < -0.3 is 28.8 Å². The summed E-state index contributed by atoms with van der Waals surface area (Å²) in [6.45, 7) is 4.34. The van der Waals surface area contributed by atoms with Crippen molar-refractivity contribution in [2.45, 2.75) is 69.2 Å². The lowest BCUT2D eigenvalue weighted by molar-refractivity contribution is -0.294. The average molecular weight is 398 g/mol. The van der Waals surface area contributed by atoms with Gasteiger partial charge in [-0.1, -0.05) is 60.7 Å². The predicted octanol–water partition coefficient (Wildman–Crippen LogP) is 2.78. The Balaban J connectivity index is 1.35. The number of aliphatic hydroxyl groups is 1. The van der Waals surface area contributed by atoms with Crippen LogP contribution in [0.5, 0.6) is 0 Å². The topological polar surface area (TPSA) is 69.7 Å². The Morgan fingerprint density at radius 2 is 1.45 bits per heavy atom. The van der Waals surface area contributed by atoms with Gasteiger partial charge in [0.15, 0.2) is 5.79 Å². The lowest BCUT2D eigenvalue weighted by atomic mass is 9.86. The molecule has 0 unspecified atom stereocenters. The van der Waals surface area contributed by atoms with Crippen LogP contribution in [-0.2, 0) is 36.9 Å². The molecular formula is C23H26O6. The minimum atomic E-state index is -1.64. The largest absolute Gasteiger partial charge is 0.368 e. The van der Waals surface area contributed by atoms with Crippen LogP contribution in [0, 0.1) is 0 Å². The molecule has 1 N–H and O–H groups in total. The normalized spacial score (nSPS) is 37.0. The van der Waals surface area contributed by atoms with Gasteiger partial charge in [0, 0.05) is 0 Å². The van der Waals surface area contributed by atoms with Gasteiger partial charge in [-0.3, -0.25) is 0 Å². The van der Waals surface area contributed by atoms with Gasteiger partial charge in [-0.2, -0.15) is 0 Å². The summed E-state index contributed by atoms with van der Waals surface area (Å²) >= 11 is 0. The second-order valence-electron chi connectivity index (χ2n) is 8.34. The number of hydrogen-bond donors (Lipinski definition) is 1. The van der Waals surface area contributed by atoms with Crippen molar-refractivity contribution in [3.8, 4) is 0 Å². The Labute approximate surface area is 170 Å². The molecule has 3 fully saturated rings. The third kappa shape index (κ3) is 3.61. The monoisotopic (exact) mass is 398 g/mol. The number of rotatable bonds is 6. The molecule has 0 spiro atoms. The van der Waals surface area contributed by atoms with Gasteiger partial charge in [0.2, 0.25) is 5.79 Å². The van der Waals surface area contributed by atoms with E-state index in [1.807, 2.05) is 60.7 Å². The highest BCUT2D eigenvalue weighted by Crippen LogP contribution is 2.52. The summed E-state index contributed by atoms with van der Waals surface area (Å²) in [5.41, 5.74) is 2.07. The highest BCUT2D eigenvalue weighted by atomic mass is 16.8. The van der Waals surface area contributed by atoms with Crippen molar-refractivity contribution in [3.63, 3.8) is 0 Å². The SMILES string of the molecule is CC1(C)O[C@H]2[C@H](OCc3ccccc3)[C@@H]3O[C@@H]3[C@@H](OCc3ccccc3)[C@]2(O)O1. The van der Waals surface area contributed by atoms with Crippen LogP contribution in [0.1, 0.15) is 25.0 Å². The Kier molecular flexibility index (Phi) is 4.74. The Hall–Kier alpha value is -1.80. The predicted molar refractivity (Wildman–Crippen MR) is 104 cm³/mol. The molecule has 0 amide bonds. The van der Waals surface area contributed by atoms with E-state index in [0.29, 0.717) is 13.2 Å². The van der Waals surface area contributed by atoms with Crippen molar-refractivity contribution < 1.29 is 28.8 Å². The Bertz CT molecular complexity index is 841. The van der Waals surface area contributed by atoms with Gasteiger partial charge in [0.05, 0.1) is 13.2 Å². The fraction of sp³-hybridized carbons (Fsp3) is 0.478. The van der Waals surface area contributed by atoms with Gasteiger partial charge in [-0.25, -0.2) is 0 Å².